The number of aliphatic carboxylic acids is 1. The molecule has 0 spiro atoms. The van der Waals surface area contributed by atoms with E-state index in [4.69, 9.17) is 14.2 Å². The summed E-state index contributed by atoms with van der Waals surface area (Å²) in [5.74, 6) is -0.423. The number of carbonyl (C=O) groups excluding carboxylic acids is 1. The lowest BCUT2D eigenvalue weighted by Gasteiger charge is -2.24. The monoisotopic (exact) mass is 387 g/mol. The standard InChI is InChI=1S/C23H32O5/c1-16(13-22(24)25)9-8-10-17(2)19-11-12-21(20(14-19)23(4,5)6)28-15-27-18(3)26-7/h8-14,18H,15H2,1-7H3,(H,24,25)/p-1/b9-8+,16-13+,17-10+. The maximum absolute atomic E-state index is 10.6. The third-order valence-electron chi connectivity index (χ3n) is 4.14. The Hall–Kier alpha value is -2.37. The van der Waals surface area contributed by atoms with Crippen LogP contribution in [0.3, 0.4) is 0 Å². The largest absolute Gasteiger partial charge is 0.545 e. The van der Waals surface area contributed by atoms with Crippen molar-refractivity contribution >= 4 is 11.5 Å². The molecule has 0 radical (unpaired) electrons. The van der Waals surface area contributed by atoms with Crippen molar-refractivity contribution in [3.05, 3.63) is 59.2 Å². The molecule has 28 heavy (non-hydrogen) atoms. The normalized spacial score (nSPS) is 14.4. The Balaban J connectivity index is 3.03. The number of rotatable bonds is 9. The lowest BCUT2D eigenvalue weighted by molar-refractivity contribution is -0.297. The van der Waals surface area contributed by atoms with E-state index in [0.717, 1.165) is 28.5 Å². The van der Waals surface area contributed by atoms with Gasteiger partial charge < -0.3 is 24.1 Å². The zero-order valence-electron chi connectivity index (χ0n) is 17.9. The van der Waals surface area contributed by atoms with Crippen LogP contribution in [0.1, 0.15) is 52.7 Å². The molecule has 1 aromatic rings. The fourth-order valence-corrected chi connectivity index (χ4v) is 2.42. The average molecular weight is 387 g/mol. The molecule has 0 heterocycles. The first-order valence-electron chi connectivity index (χ1n) is 9.21. The number of carboxylic acids is 1. The summed E-state index contributed by atoms with van der Waals surface area (Å²) in [7, 11) is 1.58. The number of allylic oxidation sites excluding steroid dienone is 5. The van der Waals surface area contributed by atoms with Crippen molar-refractivity contribution in [3.8, 4) is 5.75 Å². The highest BCUT2D eigenvalue weighted by Gasteiger charge is 2.20. The van der Waals surface area contributed by atoms with Crippen LogP contribution in [-0.2, 0) is 19.7 Å². The van der Waals surface area contributed by atoms with Crippen molar-refractivity contribution in [2.75, 3.05) is 13.9 Å². The Kier molecular flexibility index (Phi) is 9.16. The maximum Gasteiger partial charge on any atom is 0.191 e. The number of methoxy groups -OCH3 is 1. The number of benzene rings is 1. The topological polar surface area (TPSA) is 67.8 Å². The number of carboxylic acid groups (broad SMARTS) is 1. The lowest BCUT2D eigenvalue weighted by Crippen LogP contribution is -2.19. The Morgan fingerprint density at radius 3 is 2.50 bits per heavy atom. The van der Waals surface area contributed by atoms with E-state index in [1.54, 1.807) is 20.1 Å². The minimum Gasteiger partial charge on any atom is -0.545 e. The van der Waals surface area contributed by atoms with Gasteiger partial charge in [-0.3, -0.25) is 0 Å². The van der Waals surface area contributed by atoms with Gasteiger partial charge in [0.15, 0.2) is 13.1 Å². The molecule has 0 fully saturated rings. The molecule has 5 heteroatoms. The summed E-state index contributed by atoms with van der Waals surface area (Å²) in [5.41, 5.74) is 3.70. The van der Waals surface area contributed by atoms with E-state index in [9.17, 15) is 9.90 Å². The number of carbonyl (C=O) groups is 1. The van der Waals surface area contributed by atoms with Crippen LogP contribution in [0.2, 0.25) is 0 Å². The Bertz CT molecular complexity index is 751. The summed E-state index contributed by atoms with van der Waals surface area (Å²) < 4.78 is 16.3. The van der Waals surface area contributed by atoms with Crippen molar-refractivity contribution < 1.29 is 24.1 Å². The maximum atomic E-state index is 10.6. The van der Waals surface area contributed by atoms with Gasteiger partial charge >= 0.3 is 0 Å². The van der Waals surface area contributed by atoms with Crippen LogP contribution in [0.5, 0.6) is 5.75 Å². The molecule has 0 aliphatic rings. The first-order valence-corrected chi connectivity index (χ1v) is 9.21. The molecule has 1 unspecified atom stereocenters. The molecule has 1 atom stereocenters. The molecule has 0 aliphatic carbocycles. The summed E-state index contributed by atoms with van der Waals surface area (Å²) in [5, 5.41) is 10.6. The summed E-state index contributed by atoms with van der Waals surface area (Å²) in [6.45, 7) is 12.0. The molecule has 154 valence electrons. The molecule has 0 aliphatic heterocycles. The highest BCUT2D eigenvalue weighted by molar-refractivity contribution is 5.79. The molecular formula is C23H31O5-. The Morgan fingerprint density at radius 2 is 1.93 bits per heavy atom. The van der Waals surface area contributed by atoms with Crippen molar-refractivity contribution in [1.82, 2.24) is 0 Å². The van der Waals surface area contributed by atoms with E-state index in [2.05, 4.69) is 26.8 Å². The van der Waals surface area contributed by atoms with E-state index in [1.807, 2.05) is 38.1 Å². The smallest absolute Gasteiger partial charge is 0.191 e. The molecule has 0 saturated heterocycles. The minimum absolute atomic E-state index is 0.109. The Morgan fingerprint density at radius 1 is 1.25 bits per heavy atom. The van der Waals surface area contributed by atoms with Crippen LogP contribution in [0, 0.1) is 0 Å². The second kappa shape index (κ2) is 10.8. The van der Waals surface area contributed by atoms with E-state index in [-0.39, 0.29) is 18.5 Å². The van der Waals surface area contributed by atoms with Crippen LogP contribution in [0.25, 0.3) is 5.57 Å². The third-order valence-corrected chi connectivity index (χ3v) is 4.14. The SMILES string of the molecule is COC(C)OCOc1ccc(/C(C)=C/C=C/C(C)=C/C(=O)[O-])cc1C(C)(C)C. The van der Waals surface area contributed by atoms with Crippen LogP contribution in [-0.4, -0.2) is 26.2 Å². The van der Waals surface area contributed by atoms with Crippen molar-refractivity contribution in [2.24, 2.45) is 0 Å². The van der Waals surface area contributed by atoms with Gasteiger partial charge in [0.25, 0.3) is 0 Å². The van der Waals surface area contributed by atoms with Crippen LogP contribution in [0.15, 0.2) is 48.1 Å². The van der Waals surface area contributed by atoms with Gasteiger partial charge in [0.05, 0.1) is 5.97 Å². The van der Waals surface area contributed by atoms with Gasteiger partial charge in [0.2, 0.25) is 0 Å². The predicted molar refractivity (Wildman–Crippen MR) is 110 cm³/mol. The lowest BCUT2D eigenvalue weighted by atomic mass is 9.84. The first kappa shape index (κ1) is 23.7. The van der Waals surface area contributed by atoms with Gasteiger partial charge in [-0.15, -0.1) is 0 Å². The van der Waals surface area contributed by atoms with E-state index in [0.29, 0.717) is 5.57 Å². The first-order chi connectivity index (χ1) is 13.0. The molecule has 0 aromatic heterocycles. The molecule has 5 nitrogen and oxygen atoms in total. The molecular weight excluding hydrogens is 356 g/mol. The van der Waals surface area contributed by atoms with Crippen molar-refractivity contribution in [3.63, 3.8) is 0 Å². The summed E-state index contributed by atoms with van der Waals surface area (Å²) in [6, 6.07) is 6.05. The van der Waals surface area contributed by atoms with Crippen LogP contribution in [0.4, 0.5) is 0 Å². The summed E-state index contributed by atoms with van der Waals surface area (Å²) in [4.78, 5) is 10.6. The van der Waals surface area contributed by atoms with Gasteiger partial charge in [0.1, 0.15) is 5.75 Å². The molecule has 0 amide bonds. The van der Waals surface area contributed by atoms with E-state index in [1.165, 1.54) is 0 Å². The minimum atomic E-state index is -1.20. The molecule has 1 aromatic carbocycles. The van der Waals surface area contributed by atoms with Crippen molar-refractivity contribution in [1.29, 1.82) is 0 Å². The zero-order chi connectivity index (χ0) is 21.3. The fraction of sp³-hybridized carbons (Fsp3) is 0.435. The average Bonchev–Trinajstić information content (AvgIpc) is 2.60. The Labute approximate surface area is 168 Å². The number of hydrogen-bond acceptors (Lipinski definition) is 5. The fourth-order valence-electron chi connectivity index (χ4n) is 2.42. The van der Waals surface area contributed by atoms with Gasteiger partial charge in [-0.25, -0.2) is 0 Å². The second-order valence-corrected chi connectivity index (χ2v) is 7.61. The number of ether oxygens (including phenoxy) is 3. The summed E-state index contributed by atoms with van der Waals surface area (Å²) >= 11 is 0. The predicted octanol–water partition coefficient (Wildman–Crippen LogP) is 3.99. The highest BCUT2D eigenvalue weighted by atomic mass is 16.7. The van der Waals surface area contributed by atoms with E-state index < -0.39 is 5.97 Å². The van der Waals surface area contributed by atoms with Crippen LogP contribution >= 0.6 is 0 Å². The van der Waals surface area contributed by atoms with Crippen molar-refractivity contribution in [2.45, 2.75) is 53.2 Å². The van der Waals surface area contributed by atoms with Gasteiger partial charge in [-0.1, -0.05) is 45.1 Å². The molecule has 0 bridgehead atoms. The third kappa shape index (κ3) is 8.11. The van der Waals surface area contributed by atoms with Gasteiger partial charge in [-0.05, 0) is 61.1 Å². The summed E-state index contributed by atoms with van der Waals surface area (Å²) in [6.07, 6.45) is 6.23. The molecule has 1 rings (SSSR count). The quantitative estimate of drug-likeness (QED) is 0.364. The van der Waals surface area contributed by atoms with Gasteiger partial charge in [0, 0.05) is 12.7 Å². The highest BCUT2D eigenvalue weighted by Crippen LogP contribution is 2.34. The second-order valence-electron chi connectivity index (χ2n) is 7.61. The van der Waals surface area contributed by atoms with Crippen LogP contribution < -0.4 is 9.84 Å². The number of hydrogen-bond donors (Lipinski definition) is 0. The van der Waals surface area contributed by atoms with E-state index >= 15 is 0 Å². The molecule has 0 saturated carbocycles. The molecule has 0 N–H and O–H groups in total. The van der Waals surface area contributed by atoms with Gasteiger partial charge in [-0.2, -0.15) is 0 Å². The zero-order valence-corrected chi connectivity index (χ0v) is 17.9.